The molecule has 3 N–H and O–H groups in total. The number of nitrogens with one attached hydrogen (secondary N) is 1. The number of amides is 1. The van der Waals surface area contributed by atoms with Gasteiger partial charge in [-0.2, -0.15) is 0 Å². The molecule has 1 aliphatic heterocycles. The molecule has 31 heavy (non-hydrogen) atoms. The summed E-state index contributed by atoms with van der Waals surface area (Å²) < 4.78 is 10.7. The summed E-state index contributed by atoms with van der Waals surface area (Å²) in [7, 11) is 0. The molecule has 2 aromatic rings. The third kappa shape index (κ3) is 8.51. The van der Waals surface area contributed by atoms with Gasteiger partial charge in [0.15, 0.2) is 0 Å². The van der Waals surface area contributed by atoms with Gasteiger partial charge in [0.2, 0.25) is 5.91 Å². The van der Waals surface area contributed by atoms with Crippen molar-refractivity contribution in [3.05, 3.63) is 54.0 Å². The van der Waals surface area contributed by atoms with Gasteiger partial charge in [0.25, 0.3) is 0 Å². The number of likely N-dealkylation sites (tertiary alicyclic amines) is 1. The van der Waals surface area contributed by atoms with E-state index in [0.717, 1.165) is 44.0 Å². The maximum atomic E-state index is 12.3. The molecule has 1 aliphatic rings. The number of carboxylic acid groups (broad SMARTS) is 2. The van der Waals surface area contributed by atoms with Gasteiger partial charge in [0.1, 0.15) is 11.5 Å². The monoisotopic (exact) mass is 432 g/mol. The molecule has 3 rings (SSSR count). The van der Waals surface area contributed by atoms with Gasteiger partial charge >= 0.3 is 11.9 Å². The van der Waals surface area contributed by atoms with Crippen molar-refractivity contribution in [1.82, 2.24) is 10.2 Å². The van der Waals surface area contributed by atoms with E-state index in [1.165, 1.54) is 5.56 Å². The fourth-order valence-corrected chi connectivity index (χ4v) is 3.20. The Labute approximate surface area is 180 Å². The SMILES string of the molecule is CCOc1ccc(CN2CCC(C(=O)NCc3ccco3)CC2)cc1.O=C(O)C(=O)O. The van der Waals surface area contributed by atoms with Crippen molar-refractivity contribution in [1.29, 1.82) is 0 Å². The summed E-state index contributed by atoms with van der Waals surface area (Å²) in [6.45, 7) is 5.97. The lowest BCUT2D eigenvalue weighted by Gasteiger charge is -2.31. The molecule has 0 bridgehead atoms. The zero-order valence-corrected chi connectivity index (χ0v) is 17.5. The summed E-state index contributed by atoms with van der Waals surface area (Å²) in [6, 6.07) is 12.0. The van der Waals surface area contributed by atoms with Crippen molar-refractivity contribution >= 4 is 17.8 Å². The van der Waals surface area contributed by atoms with E-state index in [1.807, 2.05) is 31.2 Å². The minimum absolute atomic E-state index is 0.103. The lowest BCUT2D eigenvalue weighted by Crippen LogP contribution is -2.40. The number of carbonyl (C=O) groups is 3. The highest BCUT2D eigenvalue weighted by Crippen LogP contribution is 2.20. The Balaban J connectivity index is 0.000000501. The van der Waals surface area contributed by atoms with Crippen LogP contribution in [0.3, 0.4) is 0 Å². The van der Waals surface area contributed by atoms with Crippen LogP contribution in [0.25, 0.3) is 0 Å². The van der Waals surface area contributed by atoms with Gasteiger partial charge in [-0.25, -0.2) is 9.59 Å². The van der Waals surface area contributed by atoms with E-state index in [2.05, 4.69) is 22.3 Å². The van der Waals surface area contributed by atoms with E-state index in [1.54, 1.807) is 6.26 Å². The first kappa shape index (κ1) is 23.9. The normalized spacial score (nSPS) is 14.2. The van der Waals surface area contributed by atoms with Crippen molar-refractivity contribution in [2.75, 3.05) is 19.7 Å². The predicted octanol–water partition coefficient (Wildman–Crippen LogP) is 2.36. The molecule has 1 aromatic heterocycles. The van der Waals surface area contributed by atoms with Crippen LogP contribution in [0.2, 0.25) is 0 Å². The molecule has 0 unspecified atom stereocenters. The molecular weight excluding hydrogens is 404 g/mol. The Kier molecular flexibility index (Phi) is 9.57. The predicted molar refractivity (Wildman–Crippen MR) is 111 cm³/mol. The number of nitrogens with zero attached hydrogens (tertiary/aromatic N) is 1. The van der Waals surface area contributed by atoms with E-state index in [-0.39, 0.29) is 11.8 Å². The van der Waals surface area contributed by atoms with Crippen LogP contribution in [0.1, 0.15) is 31.1 Å². The van der Waals surface area contributed by atoms with Crippen LogP contribution in [0.15, 0.2) is 47.1 Å². The van der Waals surface area contributed by atoms with Gasteiger partial charge in [0, 0.05) is 12.5 Å². The largest absolute Gasteiger partial charge is 0.494 e. The summed E-state index contributed by atoms with van der Waals surface area (Å²) in [5.41, 5.74) is 1.28. The number of rotatable bonds is 7. The van der Waals surface area contributed by atoms with Gasteiger partial charge in [-0.3, -0.25) is 9.69 Å². The first-order valence-corrected chi connectivity index (χ1v) is 10.1. The fraction of sp³-hybridized carbons (Fsp3) is 0.409. The van der Waals surface area contributed by atoms with Gasteiger partial charge in [-0.1, -0.05) is 12.1 Å². The number of hydrogen-bond donors (Lipinski definition) is 3. The average molecular weight is 432 g/mol. The second kappa shape index (κ2) is 12.4. The van der Waals surface area contributed by atoms with Crippen LogP contribution in [0, 0.1) is 5.92 Å². The summed E-state index contributed by atoms with van der Waals surface area (Å²) in [5.74, 6) is -1.70. The average Bonchev–Trinajstić information content (AvgIpc) is 3.28. The summed E-state index contributed by atoms with van der Waals surface area (Å²) in [6.07, 6.45) is 3.43. The molecule has 1 amide bonds. The van der Waals surface area contributed by atoms with Crippen molar-refractivity contribution < 1.29 is 33.8 Å². The highest BCUT2D eigenvalue weighted by Gasteiger charge is 2.24. The second-order valence-corrected chi connectivity index (χ2v) is 7.03. The quantitative estimate of drug-likeness (QED) is 0.569. The maximum absolute atomic E-state index is 12.3. The Hall–Kier alpha value is -3.33. The number of hydrogen-bond acceptors (Lipinski definition) is 6. The molecule has 0 spiro atoms. The molecule has 168 valence electrons. The van der Waals surface area contributed by atoms with Gasteiger partial charge in [-0.05, 0) is 62.7 Å². The molecule has 1 fully saturated rings. The first-order valence-electron chi connectivity index (χ1n) is 10.1. The summed E-state index contributed by atoms with van der Waals surface area (Å²) >= 11 is 0. The molecule has 9 heteroatoms. The van der Waals surface area contributed by atoms with Crippen LogP contribution in [0.5, 0.6) is 5.75 Å². The fourth-order valence-electron chi connectivity index (χ4n) is 3.20. The Morgan fingerprint density at radius 2 is 1.74 bits per heavy atom. The highest BCUT2D eigenvalue weighted by atomic mass is 16.5. The van der Waals surface area contributed by atoms with E-state index < -0.39 is 11.9 Å². The molecule has 0 atom stereocenters. The Morgan fingerprint density at radius 1 is 1.10 bits per heavy atom. The third-order valence-electron chi connectivity index (χ3n) is 4.80. The lowest BCUT2D eigenvalue weighted by atomic mass is 9.95. The van der Waals surface area contributed by atoms with Crippen LogP contribution in [-0.4, -0.2) is 52.7 Å². The second-order valence-electron chi connectivity index (χ2n) is 7.03. The number of benzene rings is 1. The highest BCUT2D eigenvalue weighted by molar-refractivity contribution is 6.27. The van der Waals surface area contributed by atoms with Crippen LogP contribution >= 0.6 is 0 Å². The zero-order valence-electron chi connectivity index (χ0n) is 17.5. The maximum Gasteiger partial charge on any atom is 0.414 e. The number of ether oxygens (including phenoxy) is 1. The smallest absolute Gasteiger partial charge is 0.414 e. The molecule has 0 saturated carbocycles. The Morgan fingerprint density at radius 3 is 2.26 bits per heavy atom. The Bertz CT molecular complexity index is 814. The van der Waals surface area contributed by atoms with Crippen LogP contribution in [-0.2, 0) is 27.5 Å². The number of aliphatic carboxylic acids is 2. The van der Waals surface area contributed by atoms with Crippen LogP contribution in [0.4, 0.5) is 0 Å². The first-order chi connectivity index (χ1) is 14.9. The van der Waals surface area contributed by atoms with E-state index in [0.29, 0.717) is 13.2 Å². The minimum atomic E-state index is -1.82. The minimum Gasteiger partial charge on any atom is -0.494 e. The van der Waals surface area contributed by atoms with Crippen molar-refractivity contribution in [2.24, 2.45) is 5.92 Å². The topological polar surface area (TPSA) is 129 Å². The molecule has 1 saturated heterocycles. The molecule has 1 aromatic carbocycles. The summed E-state index contributed by atoms with van der Waals surface area (Å²) in [5, 5.41) is 17.8. The third-order valence-corrected chi connectivity index (χ3v) is 4.80. The van der Waals surface area contributed by atoms with Crippen molar-refractivity contribution in [3.63, 3.8) is 0 Å². The summed E-state index contributed by atoms with van der Waals surface area (Å²) in [4.78, 5) is 32.9. The van der Waals surface area contributed by atoms with Crippen molar-refractivity contribution in [2.45, 2.75) is 32.9 Å². The van der Waals surface area contributed by atoms with E-state index >= 15 is 0 Å². The van der Waals surface area contributed by atoms with Crippen molar-refractivity contribution in [3.8, 4) is 5.75 Å². The number of piperidine rings is 1. The lowest BCUT2D eigenvalue weighted by molar-refractivity contribution is -0.159. The number of furan rings is 1. The number of carboxylic acids is 2. The number of carbonyl (C=O) groups excluding carboxylic acids is 1. The molecule has 9 nitrogen and oxygen atoms in total. The molecular formula is C22H28N2O7. The standard InChI is InChI=1S/C20H26N2O3.C2H2O4/c1-2-24-18-7-5-16(6-8-18)15-22-11-9-17(10-12-22)20(23)21-14-19-4-3-13-25-19;3-1(4)2(5)6/h3-8,13,17H,2,9-12,14-15H2,1H3,(H,21,23);(H,3,4)(H,5,6). The van der Waals surface area contributed by atoms with Gasteiger partial charge < -0.3 is 24.7 Å². The van der Waals surface area contributed by atoms with Crippen LogP contribution < -0.4 is 10.1 Å². The molecule has 0 radical (unpaired) electrons. The molecule has 2 heterocycles. The molecule has 0 aliphatic carbocycles. The zero-order chi connectivity index (χ0) is 22.6. The van der Waals surface area contributed by atoms with Gasteiger partial charge in [-0.15, -0.1) is 0 Å². The van der Waals surface area contributed by atoms with E-state index in [4.69, 9.17) is 29.0 Å². The van der Waals surface area contributed by atoms with Gasteiger partial charge in [0.05, 0.1) is 19.4 Å². The van der Waals surface area contributed by atoms with E-state index in [9.17, 15) is 4.79 Å².